The van der Waals surface area contributed by atoms with Gasteiger partial charge >= 0.3 is 6.03 Å². The first-order valence-electron chi connectivity index (χ1n) is 7.28. The lowest BCUT2D eigenvalue weighted by atomic mass is 10.3. The number of carbonyl (C=O) groups is 1. The number of sulfone groups is 1. The van der Waals surface area contributed by atoms with Gasteiger partial charge in [0.15, 0.2) is 5.03 Å². The third-order valence-electron chi connectivity index (χ3n) is 3.50. The van der Waals surface area contributed by atoms with Crippen molar-refractivity contribution in [2.24, 2.45) is 0 Å². The molecule has 0 spiro atoms. The summed E-state index contributed by atoms with van der Waals surface area (Å²) in [4.78, 5) is 13.7. The molecule has 0 fully saturated rings. The fourth-order valence-electron chi connectivity index (χ4n) is 2.13. The van der Waals surface area contributed by atoms with Crippen molar-refractivity contribution >= 4 is 27.5 Å². The lowest BCUT2D eigenvalue weighted by molar-refractivity contribution is 0.201. The molecule has 0 saturated carbocycles. The molecule has 2 rings (SSSR count). The van der Waals surface area contributed by atoms with Crippen LogP contribution in [0.2, 0.25) is 5.02 Å². The van der Waals surface area contributed by atoms with Crippen LogP contribution in [0, 0.1) is 0 Å². The molecule has 0 N–H and O–H groups in total. The first kappa shape index (κ1) is 18.3. The number of ether oxygens (including phenoxy) is 1. The zero-order chi connectivity index (χ0) is 17.9. The van der Waals surface area contributed by atoms with Crippen LogP contribution in [0.25, 0.3) is 0 Å². The Labute approximate surface area is 145 Å². The molecule has 9 heteroatoms. The van der Waals surface area contributed by atoms with Crippen LogP contribution < -0.4 is 4.74 Å². The molecule has 1 heterocycles. The molecular formula is C15H18ClN3O4S. The quantitative estimate of drug-likeness (QED) is 0.807. The van der Waals surface area contributed by atoms with Gasteiger partial charge in [-0.2, -0.15) is 9.78 Å². The number of benzene rings is 1. The Morgan fingerprint density at radius 1 is 1.29 bits per heavy atom. The van der Waals surface area contributed by atoms with E-state index in [1.807, 2.05) is 13.8 Å². The Kier molecular flexibility index (Phi) is 5.51. The van der Waals surface area contributed by atoms with Gasteiger partial charge in [0.05, 0.1) is 17.0 Å². The normalized spacial score (nSPS) is 11.3. The maximum absolute atomic E-state index is 12.6. The highest BCUT2D eigenvalue weighted by atomic mass is 35.5. The summed E-state index contributed by atoms with van der Waals surface area (Å²) in [5.41, 5.74) is 0. The van der Waals surface area contributed by atoms with Gasteiger partial charge in [-0.1, -0.05) is 11.6 Å². The van der Waals surface area contributed by atoms with Crippen LogP contribution in [-0.2, 0) is 9.84 Å². The van der Waals surface area contributed by atoms with E-state index >= 15 is 0 Å². The smallest absolute Gasteiger partial charge is 0.344 e. The van der Waals surface area contributed by atoms with Crippen molar-refractivity contribution in [3.05, 3.63) is 35.5 Å². The van der Waals surface area contributed by atoms with Crippen molar-refractivity contribution in [2.75, 3.05) is 20.2 Å². The standard InChI is InChI=1S/C15H18ClN3O4S/c1-4-18(5-2)15(20)19-9-8-14(17-19)24(21,22)11-6-7-13(23-3)12(16)10-11/h6-10H,4-5H2,1-3H3. The molecule has 0 unspecified atom stereocenters. The van der Waals surface area contributed by atoms with Crippen molar-refractivity contribution in [3.63, 3.8) is 0 Å². The number of amides is 1. The summed E-state index contributed by atoms with van der Waals surface area (Å²) in [6, 6.07) is 5.04. The molecular weight excluding hydrogens is 354 g/mol. The highest BCUT2D eigenvalue weighted by Gasteiger charge is 2.24. The average molecular weight is 372 g/mol. The van der Waals surface area contributed by atoms with Gasteiger partial charge in [0.1, 0.15) is 5.75 Å². The predicted octanol–water partition coefficient (Wildman–Crippen LogP) is 2.69. The Morgan fingerprint density at radius 3 is 2.50 bits per heavy atom. The number of rotatable bonds is 5. The highest BCUT2D eigenvalue weighted by Crippen LogP contribution is 2.29. The lowest BCUT2D eigenvalue weighted by Gasteiger charge is -2.17. The molecule has 7 nitrogen and oxygen atoms in total. The average Bonchev–Trinajstić information content (AvgIpc) is 3.06. The summed E-state index contributed by atoms with van der Waals surface area (Å²) < 4.78 is 31.3. The van der Waals surface area contributed by atoms with Crippen molar-refractivity contribution < 1.29 is 17.9 Å². The van der Waals surface area contributed by atoms with E-state index in [9.17, 15) is 13.2 Å². The summed E-state index contributed by atoms with van der Waals surface area (Å²) in [5.74, 6) is 0.373. The van der Waals surface area contributed by atoms with Crippen molar-refractivity contribution in [1.82, 2.24) is 14.7 Å². The van der Waals surface area contributed by atoms with Gasteiger partial charge in [0.2, 0.25) is 9.84 Å². The first-order valence-corrected chi connectivity index (χ1v) is 9.14. The topological polar surface area (TPSA) is 81.5 Å². The van der Waals surface area contributed by atoms with Crippen molar-refractivity contribution in [3.8, 4) is 5.75 Å². The van der Waals surface area contributed by atoms with E-state index < -0.39 is 9.84 Å². The van der Waals surface area contributed by atoms with Gasteiger partial charge in [-0.3, -0.25) is 0 Å². The molecule has 0 atom stereocenters. The number of carbonyl (C=O) groups excluding carboxylic acids is 1. The Hall–Kier alpha value is -2.06. The van der Waals surface area contributed by atoms with E-state index in [1.54, 1.807) is 0 Å². The molecule has 0 bridgehead atoms. The molecule has 0 aliphatic rings. The second kappa shape index (κ2) is 7.23. The van der Waals surface area contributed by atoms with Crippen LogP contribution in [0.4, 0.5) is 4.79 Å². The fourth-order valence-corrected chi connectivity index (χ4v) is 3.65. The monoisotopic (exact) mass is 371 g/mol. The number of methoxy groups -OCH3 is 1. The van der Waals surface area contributed by atoms with Crippen LogP contribution >= 0.6 is 11.6 Å². The van der Waals surface area contributed by atoms with Gasteiger partial charge in [0, 0.05) is 19.3 Å². The third-order valence-corrected chi connectivity index (χ3v) is 5.44. The van der Waals surface area contributed by atoms with Crippen LogP contribution in [0.15, 0.2) is 40.4 Å². The number of hydrogen-bond acceptors (Lipinski definition) is 5. The fraction of sp³-hybridized carbons (Fsp3) is 0.333. The summed E-state index contributed by atoms with van der Waals surface area (Å²) in [7, 11) is -2.44. The lowest BCUT2D eigenvalue weighted by Crippen LogP contribution is -2.34. The molecule has 1 amide bonds. The van der Waals surface area contributed by atoms with E-state index in [0.29, 0.717) is 18.8 Å². The van der Waals surface area contributed by atoms with Gasteiger partial charge in [0.25, 0.3) is 0 Å². The van der Waals surface area contributed by atoms with E-state index in [-0.39, 0.29) is 21.0 Å². The summed E-state index contributed by atoms with van der Waals surface area (Å²) in [6.45, 7) is 4.68. The molecule has 2 aromatic rings. The third kappa shape index (κ3) is 3.39. The number of hydrogen-bond donors (Lipinski definition) is 0. The predicted molar refractivity (Wildman–Crippen MR) is 89.4 cm³/mol. The van der Waals surface area contributed by atoms with E-state index in [2.05, 4.69) is 5.10 Å². The number of halogens is 1. The minimum Gasteiger partial charge on any atom is -0.495 e. The second-order valence-electron chi connectivity index (χ2n) is 4.85. The van der Waals surface area contributed by atoms with Gasteiger partial charge in [-0.05, 0) is 38.1 Å². The number of nitrogens with zero attached hydrogens (tertiary/aromatic N) is 3. The van der Waals surface area contributed by atoms with E-state index in [0.717, 1.165) is 4.68 Å². The van der Waals surface area contributed by atoms with Crippen LogP contribution in [-0.4, -0.2) is 49.3 Å². The van der Waals surface area contributed by atoms with E-state index in [4.69, 9.17) is 16.3 Å². The Morgan fingerprint density at radius 2 is 1.96 bits per heavy atom. The second-order valence-corrected chi connectivity index (χ2v) is 7.16. The zero-order valence-electron chi connectivity index (χ0n) is 13.6. The molecule has 24 heavy (non-hydrogen) atoms. The summed E-state index contributed by atoms with van der Waals surface area (Å²) in [5, 5.41) is 3.87. The molecule has 0 saturated heterocycles. The molecule has 1 aromatic carbocycles. The Balaban J connectivity index is 2.38. The van der Waals surface area contributed by atoms with Crippen LogP contribution in [0.5, 0.6) is 5.75 Å². The number of aromatic nitrogens is 2. The molecule has 0 radical (unpaired) electrons. The van der Waals surface area contributed by atoms with Crippen LogP contribution in [0.3, 0.4) is 0 Å². The largest absolute Gasteiger partial charge is 0.495 e. The SMILES string of the molecule is CCN(CC)C(=O)n1ccc(S(=O)(=O)c2ccc(OC)c(Cl)c2)n1. The molecule has 130 valence electrons. The maximum atomic E-state index is 12.6. The zero-order valence-corrected chi connectivity index (χ0v) is 15.1. The van der Waals surface area contributed by atoms with Crippen LogP contribution in [0.1, 0.15) is 13.8 Å². The molecule has 0 aliphatic carbocycles. The van der Waals surface area contributed by atoms with Gasteiger partial charge < -0.3 is 9.64 Å². The van der Waals surface area contributed by atoms with Gasteiger partial charge in [-0.25, -0.2) is 13.2 Å². The van der Waals surface area contributed by atoms with Gasteiger partial charge in [-0.15, -0.1) is 0 Å². The van der Waals surface area contributed by atoms with E-state index in [1.165, 1.54) is 42.5 Å². The first-order chi connectivity index (χ1) is 11.3. The maximum Gasteiger partial charge on any atom is 0.344 e. The summed E-state index contributed by atoms with van der Waals surface area (Å²) in [6.07, 6.45) is 1.33. The minimum atomic E-state index is -3.88. The van der Waals surface area contributed by atoms with Crippen molar-refractivity contribution in [1.29, 1.82) is 0 Å². The van der Waals surface area contributed by atoms with Crippen molar-refractivity contribution in [2.45, 2.75) is 23.8 Å². The Bertz CT molecular complexity index is 844. The highest BCUT2D eigenvalue weighted by molar-refractivity contribution is 7.91. The molecule has 0 aliphatic heterocycles. The molecule has 1 aromatic heterocycles. The summed E-state index contributed by atoms with van der Waals surface area (Å²) >= 11 is 5.98. The minimum absolute atomic E-state index is 0.0196.